The maximum Gasteiger partial charge on any atom is 0.220 e. The largest absolute Gasteiger partial charge is 0.353 e. The highest BCUT2D eigenvalue weighted by atomic mass is 16.1. The van der Waals surface area contributed by atoms with Gasteiger partial charge < -0.3 is 5.32 Å². The minimum atomic E-state index is 0.0841. The fourth-order valence-electron chi connectivity index (χ4n) is 1.09. The van der Waals surface area contributed by atoms with Crippen molar-refractivity contribution in [3.8, 4) is 0 Å². The fourth-order valence-corrected chi connectivity index (χ4v) is 1.09. The van der Waals surface area contributed by atoms with Crippen LogP contribution in [0.3, 0.4) is 0 Å². The third-order valence-corrected chi connectivity index (χ3v) is 3.57. The minimum absolute atomic E-state index is 0.0841. The fraction of sp³-hybridized carbons (Fsp3) is 0.923. The van der Waals surface area contributed by atoms with Crippen molar-refractivity contribution in [2.24, 2.45) is 17.3 Å². The maximum absolute atomic E-state index is 11.8. The second kappa shape index (κ2) is 5.53. The van der Waals surface area contributed by atoms with Gasteiger partial charge in [0.15, 0.2) is 0 Å². The summed E-state index contributed by atoms with van der Waals surface area (Å²) < 4.78 is 0. The Balaban J connectivity index is 4.15. The van der Waals surface area contributed by atoms with E-state index in [0.29, 0.717) is 18.3 Å². The monoisotopic (exact) mass is 213 g/mol. The number of rotatable bonds is 5. The van der Waals surface area contributed by atoms with Crippen LogP contribution in [0.15, 0.2) is 0 Å². The summed E-state index contributed by atoms with van der Waals surface area (Å²) in [7, 11) is 0. The number of carbonyl (C=O) groups is 1. The van der Waals surface area contributed by atoms with Crippen molar-refractivity contribution in [2.45, 2.75) is 60.9 Å². The maximum atomic E-state index is 11.8. The van der Waals surface area contributed by atoms with Gasteiger partial charge in [-0.05, 0) is 24.2 Å². The number of carbonyl (C=O) groups excluding carboxylic acids is 1. The highest BCUT2D eigenvalue weighted by Gasteiger charge is 2.26. The zero-order valence-corrected chi connectivity index (χ0v) is 11.3. The number of hydrogen-bond acceptors (Lipinski definition) is 1. The normalized spacial score (nSPS) is 14.5. The highest BCUT2D eigenvalue weighted by Crippen LogP contribution is 2.29. The highest BCUT2D eigenvalue weighted by molar-refractivity contribution is 5.76. The van der Waals surface area contributed by atoms with E-state index in [4.69, 9.17) is 0 Å². The van der Waals surface area contributed by atoms with Crippen LogP contribution in [0.25, 0.3) is 0 Å². The zero-order valence-electron chi connectivity index (χ0n) is 11.3. The van der Waals surface area contributed by atoms with Crippen LogP contribution in [0.5, 0.6) is 0 Å². The molecule has 0 fully saturated rings. The summed E-state index contributed by atoms with van der Waals surface area (Å²) >= 11 is 0. The van der Waals surface area contributed by atoms with E-state index in [1.165, 1.54) is 0 Å². The Morgan fingerprint density at radius 2 is 1.60 bits per heavy atom. The number of nitrogens with one attached hydrogen (secondary N) is 1. The molecule has 0 saturated heterocycles. The van der Waals surface area contributed by atoms with Gasteiger partial charge in [0.1, 0.15) is 0 Å². The van der Waals surface area contributed by atoms with Gasteiger partial charge in [-0.3, -0.25) is 4.79 Å². The molecular weight excluding hydrogens is 186 g/mol. The van der Waals surface area contributed by atoms with Crippen molar-refractivity contribution in [2.75, 3.05) is 0 Å². The molecule has 0 aromatic carbocycles. The topological polar surface area (TPSA) is 29.1 Å². The van der Waals surface area contributed by atoms with Crippen molar-refractivity contribution in [1.82, 2.24) is 5.32 Å². The molecule has 0 aliphatic carbocycles. The molecule has 0 aliphatic rings. The Morgan fingerprint density at radius 1 is 1.13 bits per heavy atom. The summed E-state index contributed by atoms with van der Waals surface area (Å²) in [5.41, 5.74) is 0.0841. The SMILES string of the molecule is CC(C)C(C)NC(=O)CC(C)(C)C(C)C. The average Bonchev–Trinajstić information content (AvgIpc) is 2.01. The van der Waals surface area contributed by atoms with Crippen LogP contribution in [-0.2, 0) is 4.79 Å². The molecule has 0 rings (SSSR count). The standard InChI is InChI=1S/C13H27NO/c1-9(2)11(5)14-12(15)8-13(6,7)10(3)4/h9-11H,8H2,1-7H3,(H,14,15). The molecule has 0 bridgehead atoms. The molecule has 0 saturated carbocycles. The van der Waals surface area contributed by atoms with Gasteiger partial charge >= 0.3 is 0 Å². The van der Waals surface area contributed by atoms with E-state index in [-0.39, 0.29) is 17.4 Å². The first-order valence-corrected chi connectivity index (χ1v) is 5.96. The third kappa shape index (κ3) is 5.19. The van der Waals surface area contributed by atoms with Gasteiger partial charge in [0.25, 0.3) is 0 Å². The van der Waals surface area contributed by atoms with Crippen molar-refractivity contribution in [3.63, 3.8) is 0 Å². The van der Waals surface area contributed by atoms with Crippen LogP contribution < -0.4 is 5.32 Å². The molecule has 2 nitrogen and oxygen atoms in total. The second-order valence-electron chi connectivity index (χ2n) is 5.92. The van der Waals surface area contributed by atoms with E-state index >= 15 is 0 Å². The number of amides is 1. The Kier molecular flexibility index (Phi) is 5.33. The van der Waals surface area contributed by atoms with Crippen LogP contribution in [0.1, 0.15) is 54.9 Å². The molecule has 90 valence electrons. The van der Waals surface area contributed by atoms with Crippen molar-refractivity contribution in [1.29, 1.82) is 0 Å². The molecule has 0 heterocycles. The summed E-state index contributed by atoms with van der Waals surface area (Å²) in [6, 6.07) is 0.264. The van der Waals surface area contributed by atoms with Gasteiger partial charge in [0, 0.05) is 12.5 Å². The quantitative estimate of drug-likeness (QED) is 0.746. The average molecular weight is 213 g/mol. The van der Waals surface area contributed by atoms with Gasteiger partial charge in [-0.25, -0.2) is 0 Å². The molecule has 0 aromatic heterocycles. The Bertz CT molecular complexity index is 207. The van der Waals surface area contributed by atoms with Crippen molar-refractivity contribution >= 4 is 5.91 Å². The Morgan fingerprint density at radius 3 is 1.93 bits per heavy atom. The predicted octanol–water partition coefficient (Wildman–Crippen LogP) is 3.22. The molecule has 1 atom stereocenters. The molecular formula is C13H27NO. The van der Waals surface area contributed by atoms with Gasteiger partial charge in [-0.2, -0.15) is 0 Å². The van der Waals surface area contributed by atoms with Gasteiger partial charge in [0.05, 0.1) is 0 Å². The minimum Gasteiger partial charge on any atom is -0.353 e. The molecule has 1 unspecified atom stereocenters. The summed E-state index contributed by atoms with van der Waals surface area (Å²) in [6.07, 6.45) is 0.613. The lowest BCUT2D eigenvalue weighted by Crippen LogP contribution is -2.39. The third-order valence-electron chi connectivity index (χ3n) is 3.57. The Labute approximate surface area is 94.8 Å². The molecule has 0 radical (unpaired) electrons. The summed E-state index contributed by atoms with van der Waals surface area (Å²) in [5.74, 6) is 1.20. The first-order valence-electron chi connectivity index (χ1n) is 5.96. The Hall–Kier alpha value is -0.530. The molecule has 0 aliphatic heterocycles. The molecule has 1 N–H and O–H groups in total. The second-order valence-corrected chi connectivity index (χ2v) is 5.92. The van der Waals surface area contributed by atoms with E-state index in [2.05, 4.69) is 53.8 Å². The van der Waals surface area contributed by atoms with Crippen LogP contribution in [-0.4, -0.2) is 11.9 Å². The van der Waals surface area contributed by atoms with Crippen LogP contribution in [0.2, 0.25) is 0 Å². The molecule has 0 spiro atoms. The molecule has 0 aromatic rings. The van der Waals surface area contributed by atoms with Crippen LogP contribution in [0.4, 0.5) is 0 Å². The van der Waals surface area contributed by atoms with E-state index in [0.717, 1.165) is 0 Å². The zero-order chi connectivity index (χ0) is 12.2. The molecule has 2 heteroatoms. The van der Waals surface area contributed by atoms with Gasteiger partial charge in [0.2, 0.25) is 5.91 Å². The van der Waals surface area contributed by atoms with Crippen molar-refractivity contribution < 1.29 is 4.79 Å². The summed E-state index contributed by atoms with van der Waals surface area (Å²) in [6.45, 7) is 14.9. The molecule has 1 amide bonds. The first-order chi connectivity index (χ1) is 6.66. The summed E-state index contributed by atoms with van der Waals surface area (Å²) in [4.78, 5) is 11.8. The van der Waals surface area contributed by atoms with E-state index in [1.807, 2.05) is 0 Å². The van der Waals surface area contributed by atoms with Gasteiger partial charge in [-0.1, -0.05) is 41.5 Å². The van der Waals surface area contributed by atoms with Gasteiger partial charge in [-0.15, -0.1) is 0 Å². The lowest BCUT2D eigenvalue weighted by molar-refractivity contribution is -0.124. The van der Waals surface area contributed by atoms with E-state index in [9.17, 15) is 4.79 Å². The predicted molar refractivity (Wildman–Crippen MR) is 65.7 cm³/mol. The van der Waals surface area contributed by atoms with Crippen LogP contribution in [0, 0.1) is 17.3 Å². The van der Waals surface area contributed by atoms with Crippen LogP contribution >= 0.6 is 0 Å². The smallest absolute Gasteiger partial charge is 0.220 e. The summed E-state index contributed by atoms with van der Waals surface area (Å²) in [5, 5.41) is 3.05. The molecule has 15 heavy (non-hydrogen) atoms. The van der Waals surface area contributed by atoms with E-state index in [1.54, 1.807) is 0 Å². The lowest BCUT2D eigenvalue weighted by Gasteiger charge is -2.29. The van der Waals surface area contributed by atoms with E-state index < -0.39 is 0 Å². The lowest BCUT2D eigenvalue weighted by atomic mass is 9.78. The first kappa shape index (κ1) is 14.5. The number of hydrogen-bond donors (Lipinski definition) is 1. The van der Waals surface area contributed by atoms with Crippen molar-refractivity contribution in [3.05, 3.63) is 0 Å².